The third kappa shape index (κ3) is 6.74. The summed E-state index contributed by atoms with van der Waals surface area (Å²) in [7, 11) is -2.80. The van der Waals surface area contributed by atoms with E-state index in [9.17, 15) is 8.42 Å². The van der Waals surface area contributed by atoms with Crippen LogP contribution in [0.15, 0.2) is 0 Å². The lowest BCUT2D eigenvalue weighted by Gasteiger charge is -2.29. The summed E-state index contributed by atoms with van der Waals surface area (Å²) < 4.78 is 21.9. The van der Waals surface area contributed by atoms with Gasteiger partial charge in [0.2, 0.25) is 0 Å². The molecule has 0 atom stereocenters. The molecule has 0 radical (unpaired) electrons. The summed E-state index contributed by atoms with van der Waals surface area (Å²) in [6.07, 6.45) is 3.51. The predicted octanol–water partition coefficient (Wildman–Crippen LogP) is 2.50. The van der Waals surface area contributed by atoms with Crippen molar-refractivity contribution in [2.75, 3.05) is 29.3 Å². The van der Waals surface area contributed by atoms with Crippen LogP contribution < -0.4 is 0 Å². The number of hydrogen-bond acceptors (Lipinski definition) is 4. The maximum absolute atomic E-state index is 10.9. The molecular formula is C10H22O2S3. The number of hydrogen-bond donors (Lipinski definition) is 1. The second-order valence-corrected chi connectivity index (χ2v) is 7.73. The van der Waals surface area contributed by atoms with Gasteiger partial charge >= 0.3 is 0 Å². The summed E-state index contributed by atoms with van der Waals surface area (Å²) in [4.78, 5) is 0. The Balaban J connectivity index is 3.92. The van der Waals surface area contributed by atoms with Crippen molar-refractivity contribution >= 4 is 34.2 Å². The van der Waals surface area contributed by atoms with Crippen molar-refractivity contribution in [2.45, 2.75) is 26.7 Å². The van der Waals surface area contributed by atoms with Crippen molar-refractivity contribution in [3.05, 3.63) is 0 Å². The molecule has 0 saturated carbocycles. The SMILES string of the molecule is CCC(CC)(CS)CSCCS(C)(=O)=O. The highest BCUT2D eigenvalue weighted by atomic mass is 32.2. The first-order valence-electron chi connectivity index (χ1n) is 5.25. The van der Waals surface area contributed by atoms with Gasteiger partial charge in [0.15, 0.2) is 0 Å². The highest BCUT2D eigenvalue weighted by molar-refractivity contribution is 8.00. The Kier molecular flexibility index (Phi) is 7.38. The van der Waals surface area contributed by atoms with Gasteiger partial charge in [-0.15, -0.1) is 0 Å². The quantitative estimate of drug-likeness (QED) is 0.543. The van der Waals surface area contributed by atoms with Gasteiger partial charge in [-0.25, -0.2) is 8.42 Å². The summed E-state index contributed by atoms with van der Waals surface area (Å²) in [5.41, 5.74) is 0.283. The van der Waals surface area contributed by atoms with Crippen molar-refractivity contribution in [1.29, 1.82) is 0 Å². The van der Waals surface area contributed by atoms with Crippen LogP contribution in [0.2, 0.25) is 0 Å². The first kappa shape index (κ1) is 15.7. The Morgan fingerprint density at radius 3 is 2.13 bits per heavy atom. The monoisotopic (exact) mass is 270 g/mol. The molecular weight excluding hydrogens is 248 g/mol. The predicted molar refractivity (Wildman–Crippen MR) is 73.9 cm³/mol. The van der Waals surface area contributed by atoms with Crippen molar-refractivity contribution in [3.8, 4) is 0 Å². The maximum Gasteiger partial charge on any atom is 0.148 e. The molecule has 0 aliphatic carbocycles. The van der Waals surface area contributed by atoms with E-state index in [4.69, 9.17) is 0 Å². The summed E-state index contributed by atoms with van der Waals surface area (Å²) in [5, 5.41) is 0. The first-order chi connectivity index (χ1) is 6.89. The molecule has 0 aromatic rings. The Labute approximate surface area is 104 Å². The molecule has 0 aliphatic rings. The molecule has 0 bridgehead atoms. The second-order valence-electron chi connectivity index (χ2n) is 4.05. The molecule has 0 spiro atoms. The Morgan fingerprint density at radius 1 is 1.27 bits per heavy atom. The van der Waals surface area contributed by atoms with Gasteiger partial charge < -0.3 is 0 Å². The molecule has 0 aliphatic heterocycles. The third-order valence-corrected chi connectivity index (χ3v) is 6.03. The van der Waals surface area contributed by atoms with Gasteiger partial charge in [0.1, 0.15) is 9.84 Å². The minimum atomic E-state index is -2.80. The van der Waals surface area contributed by atoms with Crippen LogP contribution in [0, 0.1) is 5.41 Å². The van der Waals surface area contributed by atoms with E-state index in [2.05, 4.69) is 26.5 Å². The van der Waals surface area contributed by atoms with Gasteiger partial charge in [0.25, 0.3) is 0 Å². The average molecular weight is 270 g/mol. The normalized spacial score (nSPS) is 13.1. The molecule has 0 fully saturated rings. The summed E-state index contributed by atoms with van der Waals surface area (Å²) >= 11 is 6.12. The van der Waals surface area contributed by atoms with E-state index in [1.807, 2.05) is 0 Å². The minimum absolute atomic E-state index is 0.283. The van der Waals surface area contributed by atoms with Gasteiger partial charge in [0, 0.05) is 12.0 Å². The first-order valence-corrected chi connectivity index (χ1v) is 9.10. The molecule has 0 aromatic carbocycles. The van der Waals surface area contributed by atoms with Crippen LogP contribution in [0.25, 0.3) is 0 Å². The van der Waals surface area contributed by atoms with Crippen LogP contribution in [0.3, 0.4) is 0 Å². The highest BCUT2D eigenvalue weighted by Gasteiger charge is 2.24. The molecule has 0 heterocycles. The fourth-order valence-corrected chi connectivity index (χ4v) is 4.70. The van der Waals surface area contributed by atoms with Gasteiger partial charge in [-0.1, -0.05) is 13.8 Å². The van der Waals surface area contributed by atoms with E-state index in [1.165, 1.54) is 6.26 Å². The average Bonchev–Trinajstić information content (AvgIpc) is 2.18. The molecule has 2 nitrogen and oxygen atoms in total. The molecule has 92 valence electrons. The van der Waals surface area contributed by atoms with E-state index < -0.39 is 9.84 Å². The zero-order chi connectivity index (χ0) is 11.9. The van der Waals surface area contributed by atoms with E-state index in [0.717, 1.165) is 24.3 Å². The van der Waals surface area contributed by atoms with Crippen LogP contribution in [0.5, 0.6) is 0 Å². The molecule has 0 rings (SSSR count). The fourth-order valence-electron chi connectivity index (χ4n) is 1.22. The van der Waals surface area contributed by atoms with Crippen LogP contribution in [-0.2, 0) is 9.84 Å². The molecule has 5 heteroatoms. The van der Waals surface area contributed by atoms with E-state index >= 15 is 0 Å². The molecule has 0 N–H and O–H groups in total. The molecule has 0 aromatic heterocycles. The highest BCUT2D eigenvalue weighted by Crippen LogP contribution is 2.31. The lowest BCUT2D eigenvalue weighted by molar-refractivity contribution is 0.357. The van der Waals surface area contributed by atoms with Gasteiger partial charge in [0.05, 0.1) is 5.75 Å². The molecule has 0 unspecified atom stereocenters. The lowest BCUT2D eigenvalue weighted by Crippen LogP contribution is -2.24. The van der Waals surface area contributed by atoms with Crippen molar-refractivity contribution in [1.82, 2.24) is 0 Å². The van der Waals surface area contributed by atoms with Gasteiger partial charge in [-0.2, -0.15) is 24.4 Å². The van der Waals surface area contributed by atoms with Crippen LogP contribution >= 0.6 is 24.4 Å². The van der Waals surface area contributed by atoms with Crippen molar-refractivity contribution in [2.24, 2.45) is 5.41 Å². The molecule has 15 heavy (non-hydrogen) atoms. The number of sulfone groups is 1. The second kappa shape index (κ2) is 7.07. The number of thioether (sulfide) groups is 1. The van der Waals surface area contributed by atoms with Crippen molar-refractivity contribution in [3.63, 3.8) is 0 Å². The summed E-state index contributed by atoms with van der Waals surface area (Å²) in [6.45, 7) is 4.35. The Bertz CT molecular complexity index is 248. The smallest absolute Gasteiger partial charge is 0.148 e. The standard InChI is InChI=1S/C10H22O2S3/c1-4-10(5-2,8-13)9-14-6-7-15(3,11)12/h13H,4-9H2,1-3H3. The summed E-state index contributed by atoms with van der Waals surface area (Å²) in [6, 6.07) is 0. The van der Waals surface area contributed by atoms with Crippen LogP contribution in [-0.4, -0.2) is 37.7 Å². The van der Waals surface area contributed by atoms with Gasteiger partial charge in [-0.3, -0.25) is 0 Å². The fraction of sp³-hybridized carbons (Fsp3) is 1.00. The zero-order valence-corrected chi connectivity index (χ0v) is 12.4. The lowest BCUT2D eigenvalue weighted by atomic mass is 9.87. The number of rotatable bonds is 8. The topological polar surface area (TPSA) is 34.1 Å². The summed E-state index contributed by atoms with van der Waals surface area (Å²) in [5.74, 6) is 2.88. The van der Waals surface area contributed by atoms with E-state index in [1.54, 1.807) is 11.8 Å². The Hall–Kier alpha value is 0.650. The van der Waals surface area contributed by atoms with Gasteiger partial charge in [-0.05, 0) is 29.8 Å². The maximum atomic E-state index is 10.9. The van der Waals surface area contributed by atoms with E-state index in [0.29, 0.717) is 5.75 Å². The van der Waals surface area contributed by atoms with E-state index in [-0.39, 0.29) is 11.2 Å². The molecule has 0 amide bonds. The Morgan fingerprint density at radius 2 is 1.80 bits per heavy atom. The molecule has 0 saturated heterocycles. The zero-order valence-electron chi connectivity index (χ0n) is 9.82. The van der Waals surface area contributed by atoms with Crippen LogP contribution in [0.1, 0.15) is 26.7 Å². The minimum Gasteiger partial charge on any atom is -0.229 e. The third-order valence-electron chi connectivity index (χ3n) is 2.84. The number of thiol groups is 1. The van der Waals surface area contributed by atoms with Crippen molar-refractivity contribution < 1.29 is 8.42 Å². The van der Waals surface area contributed by atoms with Crippen LogP contribution in [0.4, 0.5) is 0 Å². The largest absolute Gasteiger partial charge is 0.229 e.